The first-order chi connectivity index (χ1) is 23.0. The fraction of sp³-hybridized carbons (Fsp3) is 0.241. The predicted octanol–water partition coefficient (Wildman–Crippen LogP) is 1.26. The maximum Gasteiger partial charge on any atom is 0.290 e. The summed E-state index contributed by atoms with van der Waals surface area (Å²) in [5, 5.41) is 33.0. The lowest BCUT2D eigenvalue weighted by molar-refractivity contribution is -0.687. The number of thiazole rings is 1. The zero-order chi connectivity index (χ0) is 34.7. The summed E-state index contributed by atoms with van der Waals surface area (Å²) in [5.41, 5.74) is 13.3. The van der Waals surface area contributed by atoms with Crippen LogP contribution in [0.2, 0.25) is 4.34 Å². The van der Waals surface area contributed by atoms with E-state index in [2.05, 4.69) is 14.7 Å². The molecule has 1 saturated heterocycles. The van der Waals surface area contributed by atoms with Crippen molar-refractivity contribution in [1.29, 1.82) is 5.41 Å². The summed E-state index contributed by atoms with van der Waals surface area (Å²) in [6, 6.07) is 5.82. The van der Waals surface area contributed by atoms with Gasteiger partial charge in [-0.05, 0) is 12.1 Å². The molecule has 0 saturated carbocycles. The minimum atomic E-state index is -1.45. The second-order valence-corrected chi connectivity index (χ2v) is 14.1. The highest BCUT2D eigenvalue weighted by atomic mass is 35.5. The van der Waals surface area contributed by atoms with Gasteiger partial charge in [0.1, 0.15) is 23.0 Å². The molecule has 2 atom stereocenters. The van der Waals surface area contributed by atoms with E-state index in [-0.39, 0.29) is 51.8 Å². The molecule has 19 heteroatoms. The number of β-lactam (4-membered cyclic amide) rings is 1. The van der Waals surface area contributed by atoms with Crippen LogP contribution in [-0.4, -0.2) is 73.5 Å². The highest BCUT2D eigenvalue weighted by molar-refractivity contribution is 8.00. The molecule has 0 radical (unpaired) electrons. The molecule has 0 aromatic carbocycles. The number of aromatic nitrogens is 3. The molecule has 6 heterocycles. The third kappa shape index (κ3) is 6.91. The highest BCUT2D eigenvalue weighted by Gasteiger charge is 2.53. The summed E-state index contributed by atoms with van der Waals surface area (Å²) in [5.74, 6) is -2.87. The van der Waals surface area contributed by atoms with Crippen molar-refractivity contribution in [3.8, 4) is 0 Å². The van der Waals surface area contributed by atoms with E-state index in [1.807, 2.05) is 46.7 Å². The van der Waals surface area contributed by atoms with Gasteiger partial charge in [-0.1, -0.05) is 28.1 Å². The molecule has 4 aromatic heterocycles. The van der Waals surface area contributed by atoms with Gasteiger partial charge in [0.25, 0.3) is 6.47 Å². The van der Waals surface area contributed by atoms with E-state index in [1.54, 1.807) is 0 Å². The number of Topliss-reactive ketones (excluding diaryl/α,β-unsaturated/α-hetero) is 1. The average Bonchev–Trinajstić information content (AvgIpc) is 3.77. The summed E-state index contributed by atoms with van der Waals surface area (Å²) >= 11 is 10.1. The van der Waals surface area contributed by atoms with Gasteiger partial charge in [-0.3, -0.25) is 24.7 Å². The predicted molar refractivity (Wildman–Crippen MR) is 179 cm³/mol. The number of aliphatic carboxylic acids is 1. The number of nitrogens with one attached hydrogen (secondary N) is 1. The first-order valence-corrected chi connectivity index (χ1v) is 17.0. The minimum Gasteiger partial charge on any atom is -0.543 e. The normalized spacial score (nSPS) is 17.3. The second-order valence-electron chi connectivity index (χ2n) is 10.4. The van der Waals surface area contributed by atoms with Gasteiger partial charge in [-0.2, -0.15) is 0 Å². The lowest BCUT2D eigenvalue weighted by Gasteiger charge is -2.50. The van der Waals surface area contributed by atoms with Crippen molar-refractivity contribution < 1.29 is 38.8 Å². The van der Waals surface area contributed by atoms with Crippen molar-refractivity contribution in [3.63, 3.8) is 0 Å². The number of carbonyl (C=O) groups excluding carboxylic acids is 3. The second kappa shape index (κ2) is 14.5. The third-order valence-corrected chi connectivity index (χ3v) is 10.9. The van der Waals surface area contributed by atoms with Crippen LogP contribution in [-0.2, 0) is 37.1 Å². The summed E-state index contributed by atoms with van der Waals surface area (Å²) in [6.45, 7) is 0.604. The molecule has 0 spiro atoms. The first kappa shape index (κ1) is 34.6. The fourth-order valence-corrected chi connectivity index (χ4v) is 8.64. The molecule has 2 aliphatic heterocycles. The molecule has 4 aromatic rings. The van der Waals surface area contributed by atoms with Gasteiger partial charge in [0, 0.05) is 45.8 Å². The number of carboxylic acid groups (broad SMARTS) is 2. The number of nitrogens with two attached hydrogens (primary N) is 2. The number of halogens is 1. The zero-order valence-corrected chi connectivity index (χ0v) is 28.2. The number of thiophene rings is 1. The molecule has 0 bridgehead atoms. The molecule has 15 nitrogen and oxygen atoms in total. The molecule has 48 heavy (non-hydrogen) atoms. The van der Waals surface area contributed by atoms with E-state index < -0.39 is 29.0 Å². The van der Waals surface area contributed by atoms with Crippen molar-refractivity contribution in [3.05, 3.63) is 73.9 Å². The number of amides is 1. The van der Waals surface area contributed by atoms with E-state index in [1.165, 1.54) is 35.1 Å². The molecular weight excluding hydrogens is 704 g/mol. The van der Waals surface area contributed by atoms with Crippen molar-refractivity contribution >= 4 is 97.8 Å². The van der Waals surface area contributed by atoms with Gasteiger partial charge in [0.05, 0.1) is 40.4 Å². The van der Waals surface area contributed by atoms with Crippen LogP contribution < -0.4 is 21.1 Å². The van der Waals surface area contributed by atoms with Gasteiger partial charge >= 0.3 is 0 Å². The molecule has 250 valence electrons. The Kier molecular flexibility index (Phi) is 10.5. The number of ketones is 1. The third-order valence-electron chi connectivity index (χ3n) is 7.46. The topological polar surface area (TPSA) is 234 Å². The Balaban J connectivity index is 0.00000145. The van der Waals surface area contributed by atoms with Gasteiger partial charge in [-0.25, -0.2) is 9.55 Å². The lowest BCUT2D eigenvalue weighted by atomic mass is 9.89. The molecule has 2 aliphatic rings. The van der Waals surface area contributed by atoms with Crippen LogP contribution in [0.3, 0.4) is 0 Å². The smallest absolute Gasteiger partial charge is 0.290 e. The van der Waals surface area contributed by atoms with Crippen LogP contribution in [0, 0.1) is 11.3 Å². The number of thioether (sulfide) groups is 1. The number of fused-ring (bicyclic) bond motifs is 2. The van der Waals surface area contributed by atoms with E-state index in [9.17, 15) is 19.5 Å². The van der Waals surface area contributed by atoms with Crippen LogP contribution >= 0.6 is 46.0 Å². The Bertz CT molecular complexity index is 2000. The van der Waals surface area contributed by atoms with E-state index in [4.69, 9.17) is 43.2 Å². The molecule has 6 rings (SSSR count). The molecule has 0 unspecified atom stereocenters. The van der Waals surface area contributed by atoms with Crippen molar-refractivity contribution in [2.24, 2.45) is 16.8 Å². The monoisotopic (exact) mass is 730 g/mol. The van der Waals surface area contributed by atoms with E-state index >= 15 is 0 Å². The number of hydrogen-bond acceptors (Lipinski definition) is 13. The van der Waals surface area contributed by atoms with Gasteiger partial charge in [-0.15, -0.1) is 23.1 Å². The minimum absolute atomic E-state index is 0.0333. The number of nitrogen functional groups attached to an aromatic ring is 2. The zero-order valence-electron chi connectivity index (χ0n) is 25.0. The number of carboxylic acids is 1. The summed E-state index contributed by atoms with van der Waals surface area (Å²) in [4.78, 5) is 58.3. The molecule has 0 aliphatic carbocycles. The van der Waals surface area contributed by atoms with E-state index in [0.717, 1.165) is 27.1 Å². The van der Waals surface area contributed by atoms with Gasteiger partial charge in [0.2, 0.25) is 5.91 Å². The van der Waals surface area contributed by atoms with Crippen LogP contribution in [0.1, 0.15) is 22.6 Å². The first-order valence-electron chi connectivity index (χ1n) is 13.9. The van der Waals surface area contributed by atoms with Crippen LogP contribution in [0.15, 0.2) is 58.6 Å². The Labute approximate surface area is 289 Å². The maximum atomic E-state index is 13.3. The van der Waals surface area contributed by atoms with Crippen LogP contribution in [0.25, 0.3) is 10.9 Å². The molecule has 1 fully saturated rings. The Morgan fingerprint density at radius 3 is 2.75 bits per heavy atom. The number of oxime groups is 1. The van der Waals surface area contributed by atoms with Crippen molar-refractivity contribution in [2.75, 3.05) is 18.6 Å². The summed E-state index contributed by atoms with van der Waals surface area (Å²) in [6.07, 6.45) is 5.51. The Hall–Kier alpha value is -4.78. The molecule has 1 amide bonds. The van der Waals surface area contributed by atoms with Gasteiger partial charge < -0.3 is 35.9 Å². The highest BCUT2D eigenvalue weighted by Crippen LogP contribution is 2.45. The maximum absolute atomic E-state index is 13.3. The van der Waals surface area contributed by atoms with E-state index in [0.29, 0.717) is 23.4 Å². The number of rotatable bonds is 11. The fourth-order valence-electron chi connectivity index (χ4n) is 5.43. The van der Waals surface area contributed by atoms with Crippen LogP contribution in [0.5, 0.6) is 0 Å². The molecule has 6 N–H and O–H groups in total. The quantitative estimate of drug-likeness (QED) is 0.0428. The van der Waals surface area contributed by atoms with Crippen molar-refractivity contribution in [1.82, 2.24) is 14.5 Å². The standard InChI is InChI=1S/C28H25ClN8O5S3.CH2O2/c1-42-34-20(21-23(29)45-28(32)33-21)19(38)7-17-25(39)37-22(27(40)41)15(12-44-26(17)37)9-35-4-3-18-13(8-35)2-5-36(18)10-16-6-14(11-43-16)24(30)31;2-1-3/h2-6,8,11,17,26H,7,9-10,12H2,1H3,(H5-,30,31,32,33,40,41);1H,(H,2,3)/b34-20+;/t17-,26-;/m1./s1. The SMILES string of the molecule is CO/N=C(\C(=O)C[C@@H]1C(=O)N2C(C(=O)[O-])=C(C[n+]3ccc4c(ccn4Cc4cc(C(=N)N)cs4)c3)CS[C@H]12)c1nc(N)sc1Cl.O=CO. The largest absolute Gasteiger partial charge is 0.543 e. The van der Waals surface area contributed by atoms with Crippen molar-refractivity contribution in [2.45, 2.75) is 24.9 Å². The summed E-state index contributed by atoms with van der Waals surface area (Å²) < 4.78 is 4.12. The van der Waals surface area contributed by atoms with Crippen LogP contribution in [0.4, 0.5) is 5.13 Å². The number of nitrogens with zero attached hydrogens (tertiary/aromatic N) is 5. The van der Waals surface area contributed by atoms with Gasteiger partial charge in [0.15, 0.2) is 35.6 Å². The number of carbonyl (C=O) groups is 4. The lowest BCUT2D eigenvalue weighted by Crippen LogP contribution is -2.63. The summed E-state index contributed by atoms with van der Waals surface area (Å²) in [7, 11) is 1.27. The number of anilines is 1. The molecular formula is C29H27ClN8O7S3. The number of pyridine rings is 1. The number of amidine groups is 1. The number of hydrogen-bond donors (Lipinski definition) is 4. The Morgan fingerprint density at radius 1 is 1.38 bits per heavy atom. The Morgan fingerprint density at radius 2 is 2.12 bits per heavy atom. The average molecular weight is 731 g/mol.